The Bertz CT molecular complexity index is 108. The molecule has 10 heavy (non-hydrogen) atoms. The van der Waals surface area contributed by atoms with Gasteiger partial charge in [-0.3, -0.25) is 4.79 Å². The fourth-order valence-corrected chi connectivity index (χ4v) is 0. The highest BCUT2D eigenvalue weighted by atomic mass is 16.5. The first kappa shape index (κ1) is 11.7. The smallest absolute Gasteiger partial charge is 0.474 e. The van der Waals surface area contributed by atoms with Crippen LogP contribution in [0.2, 0.25) is 0 Å². The lowest BCUT2D eigenvalue weighted by Crippen LogP contribution is -2.21. The third kappa shape index (κ3) is 28.6. The molecule has 0 saturated heterocycles. The largest absolute Gasteiger partial charge is 0.631 e. The van der Waals surface area contributed by atoms with Gasteiger partial charge in [0.1, 0.15) is 0 Å². The molecule has 0 aliphatic rings. The molecule has 0 unspecified atom stereocenters. The van der Waals surface area contributed by atoms with Crippen LogP contribution in [0.3, 0.4) is 0 Å². The van der Waals surface area contributed by atoms with Crippen molar-refractivity contribution in [2.45, 2.75) is 0 Å². The highest BCUT2D eigenvalue weighted by molar-refractivity contribution is 6.30. The van der Waals surface area contributed by atoms with Crippen LogP contribution in [-0.2, 0) is 9.59 Å². The quantitative estimate of drug-likeness (QED) is 0.179. The standard InChI is InChI=1S/C2H3NO3.BH3O3/c3-1(4)2(5)6;2-1(3)4/h(H2,3,4)(H,5,6);2-4H. The maximum atomic E-state index is 9.32. The SMILES string of the molecule is NC(=O)C(=O)O.OB(O)O. The molecule has 0 radical (unpaired) electrons. The Morgan fingerprint density at radius 3 is 1.30 bits per heavy atom. The first-order chi connectivity index (χ1) is 4.37. The monoisotopic (exact) mass is 151 g/mol. The summed E-state index contributed by atoms with van der Waals surface area (Å²) >= 11 is 0. The Hall–Kier alpha value is -1.12. The molecule has 0 bridgehead atoms. The number of carbonyl (C=O) groups excluding carboxylic acids is 1. The lowest BCUT2D eigenvalue weighted by atomic mass is 10.3. The summed E-state index contributed by atoms with van der Waals surface area (Å²) in [6, 6.07) is 0. The Morgan fingerprint density at radius 1 is 1.20 bits per heavy atom. The second-order valence-corrected chi connectivity index (χ2v) is 1.02. The lowest BCUT2D eigenvalue weighted by Gasteiger charge is -1.74. The first-order valence-electron chi connectivity index (χ1n) is 1.95. The van der Waals surface area contributed by atoms with Gasteiger partial charge in [-0.2, -0.15) is 0 Å². The first-order valence-corrected chi connectivity index (χ1v) is 1.95. The van der Waals surface area contributed by atoms with E-state index in [0.29, 0.717) is 0 Å². The zero-order valence-electron chi connectivity index (χ0n) is 4.76. The molecular weight excluding hydrogens is 145 g/mol. The molecule has 0 aliphatic heterocycles. The zero-order chi connectivity index (χ0) is 8.73. The molecule has 6 N–H and O–H groups in total. The van der Waals surface area contributed by atoms with Crippen LogP contribution in [0.5, 0.6) is 0 Å². The molecule has 0 fully saturated rings. The molecule has 0 saturated carbocycles. The van der Waals surface area contributed by atoms with Crippen LogP contribution in [0.25, 0.3) is 0 Å². The fraction of sp³-hybridized carbons (Fsp3) is 0. The van der Waals surface area contributed by atoms with Crippen LogP contribution in [0.4, 0.5) is 0 Å². The number of hydrogen-bond donors (Lipinski definition) is 5. The third-order valence-corrected chi connectivity index (χ3v) is 0.211. The van der Waals surface area contributed by atoms with Crippen molar-refractivity contribution in [3.63, 3.8) is 0 Å². The van der Waals surface area contributed by atoms with Gasteiger partial charge in [-0.1, -0.05) is 0 Å². The molecule has 0 heterocycles. The number of aliphatic carboxylic acids is 1. The van der Waals surface area contributed by atoms with Gasteiger partial charge < -0.3 is 25.9 Å². The van der Waals surface area contributed by atoms with Gasteiger partial charge in [-0.05, 0) is 0 Å². The Morgan fingerprint density at radius 2 is 1.30 bits per heavy atom. The number of carboxylic acids is 1. The fourth-order valence-electron chi connectivity index (χ4n) is 0. The van der Waals surface area contributed by atoms with Gasteiger partial charge in [0.15, 0.2) is 0 Å². The van der Waals surface area contributed by atoms with Crippen molar-refractivity contribution < 1.29 is 29.8 Å². The van der Waals surface area contributed by atoms with Crippen LogP contribution >= 0.6 is 0 Å². The van der Waals surface area contributed by atoms with Gasteiger partial charge in [-0.15, -0.1) is 0 Å². The van der Waals surface area contributed by atoms with Crippen LogP contribution in [0, 0.1) is 0 Å². The minimum atomic E-state index is -2.17. The van der Waals surface area contributed by atoms with Gasteiger partial charge in [0, 0.05) is 0 Å². The molecular formula is C2H6BNO6. The lowest BCUT2D eigenvalue weighted by molar-refractivity contribution is -0.148. The maximum absolute atomic E-state index is 9.32. The predicted octanol–water partition coefficient (Wildman–Crippen LogP) is -3.50. The molecule has 0 rings (SSSR count). The number of nitrogens with two attached hydrogens (primary N) is 1. The van der Waals surface area contributed by atoms with Crippen molar-refractivity contribution in [2.75, 3.05) is 0 Å². The Labute approximate surface area is 55.9 Å². The molecule has 58 valence electrons. The summed E-state index contributed by atoms with van der Waals surface area (Å²) in [6.45, 7) is 0. The van der Waals surface area contributed by atoms with Gasteiger partial charge in [-0.25, -0.2) is 4.79 Å². The number of primary amides is 1. The average molecular weight is 151 g/mol. The summed E-state index contributed by atoms with van der Waals surface area (Å²) in [5.74, 6) is -2.93. The van der Waals surface area contributed by atoms with E-state index in [1.165, 1.54) is 0 Å². The van der Waals surface area contributed by atoms with Crippen molar-refractivity contribution >= 4 is 19.2 Å². The molecule has 8 heteroatoms. The van der Waals surface area contributed by atoms with Gasteiger partial charge in [0.2, 0.25) is 0 Å². The predicted molar refractivity (Wildman–Crippen MR) is 29.2 cm³/mol. The minimum absolute atomic E-state index is 1.32. The molecule has 0 aromatic heterocycles. The molecule has 0 spiro atoms. The van der Waals surface area contributed by atoms with E-state index in [0.717, 1.165) is 0 Å². The average Bonchev–Trinajstić information content (AvgIpc) is 1.63. The molecule has 0 aromatic rings. The van der Waals surface area contributed by atoms with E-state index in [9.17, 15) is 9.59 Å². The van der Waals surface area contributed by atoms with E-state index < -0.39 is 19.2 Å². The summed E-state index contributed by atoms with van der Waals surface area (Å²) < 4.78 is 0. The normalized spacial score (nSPS) is 7.10. The molecule has 0 aromatic carbocycles. The second-order valence-electron chi connectivity index (χ2n) is 1.02. The van der Waals surface area contributed by atoms with E-state index in [-0.39, 0.29) is 0 Å². The molecule has 7 nitrogen and oxygen atoms in total. The van der Waals surface area contributed by atoms with Crippen LogP contribution in [0.15, 0.2) is 0 Å². The molecule has 0 aliphatic carbocycles. The van der Waals surface area contributed by atoms with E-state index in [1.807, 2.05) is 0 Å². The van der Waals surface area contributed by atoms with Gasteiger partial charge >= 0.3 is 19.2 Å². The Kier molecular flexibility index (Phi) is 7.01. The topological polar surface area (TPSA) is 141 Å². The summed E-state index contributed by atoms with van der Waals surface area (Å²) in [7, 11) is -2.17. The number of hydrogen-bond acceptors (Lipinski definition) is 5. The summed E-state index contributed by atoms with van der Waals surface area (Å²) in [4.78, 5) is 18.5. The summed E-state index contributed by atoms with van der Waals surface area (Å²) in [6.07, 6.45) is 0. The van der Waals surface area contributed by atoms with Gasteiger partial charge in [0.25, 0.3) is 0 Å². The van der Waals surface area contributed by atoms with E-state index in [2.05, 4.69) is 5.73 Å². The second kappa shape index (κ2) is 6.01. The van der Waals surface area contributed by atoms with Crippen LogP contribution in [0.1, 0.15) is 0 Å². The van der Waals surface area contributed by atoms with E-state index >= 15 is 0 Å². The summed E-state index contributed by atoms with van der Waals surface area (Å²) in [5, 5.41) is 29.0. The highest BCUT2D eigenvalue weighted by Crippen LogP contribution is 1.51. The van der Waals surface area contributed by atoms with Crippen molar-refractivity contribution in [3.8, 4) is 0 Å². The van der Waals surface area contributed by atoms with E-state index in [4.69, 9.17) is 20.2 Å². The molecule has 1 amide bonds. The van der Waals surface area contributed by atoms with Crippen LogP contribution < -0.4 is 5.73 Å². The number of carboxylic acid groups (broad SMARTS) is 1. The maximum Gasteiger partial charge on any atom is 0.631 e. The van der Waals surface area contributed by atoms with Crippen molar-refractivity contribution in [1.29, 1.82) is 0 Å². The highest BCUT2D eigenvalue weighted by Gasteiger charge is 2.00. The van der Waals surface area contributed by atoms with Crippen molar-refractivity contribution in [1.82, 2.24) is 0 Å². The zero-order valence-corrected chi connectivity index (χ0v) is 4.76. The van der Waals surface area contributed by atoms with Crippen LogP contribution in [-0.4, -0.2) is 39.4 Å². The third-order valence-electron chi connectivity index (χ3n) is 0.211. The number of rotatable bonds is 0. The van der Waals surface area contributed by atoms with Gasteiger partial charge in [0.05, 0.1) is 0 Å². The van der Waals surface area contributed by atoms with E-state index in [1.54, 1.807) is 0 Å². The summed E-state index contributed by atoms with van der Waals surface area (Å²) in [5.41, 5.74) is 4.20. The van der Waals surface area contributed by atoms with Crippen molar-refractivity contribution in [2.24, 2.45) is 5.73 Å². The number of carbonyl (C=O) groups is 2. The van der Waals surface area contributed by atoms with Crippen molar-refractivity contribution in [3.05, 3.63) is 0 Å². The number of amides is 1. The molecule has 0 atom stereocenters. The minimum Gasteiger partial charge on any atom is -0.474 e. The Balaban J connectivity index is 0.